The van der Waals surface area contributed by atoms with E-state index in [2.05, 4.69) is 25.9 Å². The van der Waals surface area contributed by atoms with E-state index in [0.717, 1.165) is 24.1 Å². The maximum absolute atomic E-state index is 6.37. The van der Waals surface area contributed by atoms with Crippen LogP contribution in [0.1, 0.15) is 53.0 Å². The van der Waals surface area contributed by atoms with E-state index in [0.29, 0.717) is 23.1 Å². The van der Waals surface area contributed by atoms with Crippen LogP contribution < -0.4 is 9.47 Å². The fourth-order valence-electron chi connectivity index (χ4n) is 2.11. The van der Waals surface area contributed by atoms with Crippen LogP contribution in [0.15, 0.2) is 27.9 Å². The largest absolute Gasteiger partial charge is 0.489 e. The minimum absolute atomic E-state index is 0.00255. The normalized spacial score (nSPS) is 13.1. The van der Waals surface area contributed by atoms with Gasteiger partial charge in [0.15, 0.2) is 0 Å². The average Bonchev–Trinajstić information content (AvgIpc) is 2.56. The third kappa shape index (κ3) is 9.40. The summed E-state index contributed by atoms with van der Waals surface area (Å²) in [5.41, 5.74) is 1.90. The van der Waals surface area contributed by atoms with E-state index < -0.39 is 0 Å². The molecular weight excluding hydrogens is 421 g/mol. The van der Waals surface area contributed by atoms with Crippen LogP contribution in [0.25, 0.3) is 0 Å². The number of ether oxygens (including phenoxy) is 2. The second kappa shape index (κ2) is 11.8. The summed E-state index contributed by atoms with van der Waals surface area (Å²) in [6.07, 6.45) is 3.23. The molecule has 0 aliphatic rings. The van der Waals surface area contributed by atoms with Gasteiger partial charge in [-0.3, -0.25) is 0 Å². The van der Waals surface area contributed by atoms with Crippen molar-refractivity contribution in [2.75, 3.05) is 13.2 Å². The Hall–Kier alpha value is -1.10. The minimum Gasteiger partial charge on any atom is -0.489 e. The third-order valence-electron chi connectivity index (χ3n) is 4.14. The number of benzene rings is 1. The van der Waals surface area contributed by atoms with E-state index in [-0.39, 0.29) is 22.6 Å². The van der Waals surface area contributed by atoms with E-state index in [1.165, 1.54) is 0 Å². The topological polar surface area (TPSA) is 40.0 Å². The lowest BCUT2D eigenvalue weighted by atomic mass is 9.91. The van der Waals surface area contributed by atoms with Crippen LogP contribution in [0.4, 0.5) is 0 Å². The zero-order valence-electron chi connectivity index (χ0n) is 17.4. The lowest BCUT2D eigenvalue weighted by molar-refractivity contribution is 0.122. The van der Waals surface area contributed by atoms with Crippen LogP contribution in [0.5, 0.6) is 11.5 Å². The van der Waals surface area contributed by atoms with Gasteiger partial charge in [0.1, 0.15) is 29.2 Å². The number of halogens is 3. The SMILES string of the molecule is CC(=NOCCCC(C)Oc1c(C)cc(OCC=C(Cl)Cl)cc1Cl)C(C)(C)C. The number of hydrogen-bond acceptors (Lipinski definition) is 4. The molecule has 158 valence electrons. The summed E-state index contributed by atoms with van der Waals surface area (Å²) < 4.78 is 11.7. The van der Waals surface area contributed by atoms with Crippen molar-refractivity contribution < 1.29 is 14.3 Å². The van der Waals surface area contributed by atoms with E-state index in [9.17, 15) is 0 Å². The standard InChI is InChI=1S/C21H30Cl3NO3/c1-14-12-17(26-11-9-19(23)24)13-18(22)20(14)28-15(2)8-7-10-27-25-16(3)21(4,5)6/h9,12-13,15H,7-8,10-11H2,1-6H3. The van der Waals surface area contributed by atoms with Gasteiger partial charge in [0.05, 0.1) is 16.8 Å². The summed E-state index contributed by atoms with van der Waals surface area (Å²) in [7, 11) is 0. The summed E-state index contributed by atoms with van der Waals surface area (Å²) in [4.78, 5) is 5.41. The lowest BCUT2D eigenvalue weighted by Gasteiger charge is -2.19. The predicted molar refractivity (Wildman–Crippen MR) is 119 cm³/mol. The summed E-state index contributed by atoms with van der Waals surface area (Å²) >= 11 is 17.5. The molecule has 0 heterocycles. The van der Waals surface area contributed by atoms with Crippen molar-refractivity contribution >= 4 is 40.5 Å². The highest BCUT2D eigenvalue weighted by Gasteiger charge is 2.15. The van der Waals surface area contributed by atoms with Crippen molar-refractivity contribution in [1.82, 2.24) is 0 Å². The zero-order valence-corrected chi connectivity index (χ0v) is 19.7. The molecule has 1 aromatic rings. The molecule has 0 amide bonds. The maximum atomic E-state index is 6.37. The maximum Gasteiger partial charge on any atom is 0.141 e. The Kier molecular flexibility index (Phi) is 10.5. The first-order chi connectivity index (χ1) is 13.0. The predicted octanol–water partition coefficient (Wildman–Crippen LogP) is 7.33. The molecule has 28 heavy (non-hydrogen) atoms. The fourth-order valence-corrected chi connectivity index (χ4v) is 2.53. The van der Waals surface area contributed by atoms with Gasteiger partial charge in [-0.2, -0.15) is 0 Å². The molecule has 0 aliphatic carbocycles. The Labute approximate surface area is 183 Å². The molecular formula is C21H30Cl3NO3. The fraction of sp³-hybridized carbons (Fsp3) is 0.571. The summed E-state index contributed by atoms with van der Waals surface area (Å²) in [6, 6.07) is 3.59. The Balaban J connectivity index is 2.51. The summed E-state index contributed by atoms with van der Waals surface area (Å²) in [5, 5.41) is 4.67. The highest BCUT2D eigenvalue weighted by molar-refractivity contribution is 6.55. The van der Waals surface area contributed by atoms with Crippen LogP contribution in [-0.2, 0) is 4.84 Å². The molecule has 0 aromatic heterocycles. The first kappa shape index (κ1) is 24.9. The molecule has 4 nitrogen and oxygen atoms in total. The van der Waals surface area contributed by atoms with Gasteiger partial charge < -0.3 is 14.3 Å². The quantitative estimate of drug-likeness (QED) is 0.213. The number of rotatable bonds is 10. The van der Waals surface area contributed by atoms with Crippen LogP contribution in [0, 0.1) is 12.3 Å². The molecule has 0 saturated heterocycles. The minimum atomic E-state index is -0.00255. The molecule has 1 rings (SSSR count). The van der Waals surface area contributed by atoms with Crippen molar-refractivity contribution in [2.24, 2.45) is 10.6 Å². The smallest absolute Gasteiger partial charge is 0.141 e. The number of aryl methyl sites for hydroxylation is 1. The van der Waals surface area contributed by atoms with Gasteiger partial charge in [0.2, 0.25) is 0 Å². The average molecular weight is 451 g/mol. The first-order valence-electron chi connectivity index (χ1n) is 9.28. The zero-order chi connectivity index (χ0) is 21.3. The first-order valence-corrected chi connectivity index (χ1v) is 10.4. The molecule has 0 bridgehead atoms. The lowest BCUT2D eigenvalue weighted by Crippen LogP contribution is -2.17. The second-order valence-corrected chi connectivity index (χ2v) is 9.10. The Morgan fingerprint density at radius 1 is 1.25 bits per heavy atom. The monoisotopic (exact) mass is 449 g/mol. The van der Waals surface area contributed by atoms with Gasteiger partial charge in [-0.25, -0.2) is 0 Å². The number of nitrogens with zero attached hydrogens (tertiary/aromatic N) is 1. The molecule has 0 aliphatic heterocycles. The van der Waals surface area contributed by atoms with E-state index in [1.54, 1.807) is 12.1 Å². The van der Waals surface area contributed by atoms with Gasteiger partial charge >= 0.3 is 0 Å². The van der Waals surface area contributed by atoms with Crippen LogP contribution >= 0.6 is 34.8 Å². The van der Waals surface area contributed by atoms with E-state index >= 15 is 0 Å². The van der Waals surface area contributed by atoms with Crippen molar-refractivity contribution in [3.05, 3.63) is 33.3 Å². The van der Waals surface area contributed by atoms with Crippen molar-refractivity contribution in [2.45, 2.75) is 60.5 Å². The molecule has 0 fully saturated rings. The molecule has 0 spiro atoms. The van der Waals surface area contributed by atoms with Gasteiger partial charge in [0.25, 0.3) is 0 Å². The van der Waals surface area contributed by atoms with Crippen molar-refractivity contribution in [3.8, 4) is 11.5 Å². The van der Waals surface area contributed by atoms with Crippen LogP contribution in [0.3, 0.4) is 0 Å². The van der Waals surface area contributed by atoms with Crippen molar-refractivity contribution in [1.29, 1.82) is 0 Å². The number of oxime groups is 1. The Bertz CT molecular complexity index is 670. The van der Waals surface area contributed by atoms with Gasteiger partial charge in [-0.1, -0.05) is 60.7 Å². The van der Waals surface area contributed by atoms with Gasteiger partial charge in [0, 0.05) is 11.5 Å². The molecule has 0 radical (unpaired) electrons. The van der Waals surface area contributed by atoms with Crippen molar-refractivity contribution in [3.63, 3.8) is 0 Å². The molecule has 1 atom stereocenters. The summed E-state index contributed by atoms with van der Waals surface area (Å²) in [6.45, 7) is 13.1. The van der Waals surface area contributed by atoms with Crippen LogP contribution in [-0.4, -0.2) is 25.0 Å². The Morgan fingerprint density at radius 3 is 2.50 bits per heavy atom. The highest BCUT2D eigenvalue weighted by Crippen LogP contribution is 2.34. The number of hydrogen-bond donors (Lipinski definition) is 0. The van der Waals surface area contributed by atoms with E-state index in [4.69, 9.17) is 49.1 Å². The summed E-state index contributed by atoms with van der Waals surface area (Å²) in [5.74, 6) is 1.30. The molecule has 7 heteroatoms. The molecule has 0 saturated carbocycles. The highest BCUT2D eigenvalue weighted by atomic mass is 35.5. The van der Waals surface area contributed by atoms with Gasteiger partial charge in [-0.15, -0.1) is 0 Å². The van der Waals surface area contributed by atoms with Gasteiger partial charge in [-0.05, 0) is 51.3 Å². The Morgan fingerprint density at radius 2 is 1.93 bits per heavy atom. The second-order valence-electron chi connectivity index (χ2n) is 7.69. The van der Waals surface area contributed by atoms with Crippen LogP contribution in [0.2, 0.25) is 5.02 Å². The molecule has 1 unspecified atom stereocenters. The third-order valence-corrected chi connectivity index (χ3v) is 4.73. The molecule has 0 N–H and O–H groups in total. The molecule has 1 aromatic carbocycles. The van der Waals surface area contributed by atoms with E-state index in [1.807, 2.05) is 26.8 Å².